The lowest BCUT2D eigenvalue weighted by Gasteiger charge is -2.32. The van der Waals surface area contributed by atoms with Crippen molar-refractivity contribution in [2.45, 2.75) is 18.9 Å². The van der Waals surface area contributed by atoms with Crippen molar-refractivity contribution in [1.82, 2.24) is 0 Å². The van der Waals surface area contributed by atoms with Crippen LogP contribution in [0.15, 0.2) is 29.3 Å². The fourth-order valence-corrected chi connectivity index (χ4v) is 2.18. The van der Waals surface area contributed by atoms with Crippen LogP contribution in [0.5, 0.6) is 0 Å². The van der Waals surface area contributed by atoms with E-state index in [1.807, 2.05) is 24.3 Å². The molecule has 0 bridgehead atoms. The van der Waals surface area contributed by atoms with Gasteiger partial charge in [0.05, 0.1) is 6.04 Å². The van der Waals surface area contributed by atoms with Crippen molar-refractivity contribution in [3.05, 3.63) is 24.3 Å². The second-order valence-electron chi connectivity index (χ2n) is 3.67. The number of aliphatic imine (C=N–C) groups is 1. The Bertz CT molecular complexity index is 350. The summed E-state index contributed by atoms with van der Waals surface area (Å²) in [4.78, 5) is 25.5. The molecule has 0 heterocycles. The fraction of sp³-hybridized carbons (Fsp3) is 0.455. The van der Waals surface area contributed by atoms with Crippen LogP contribution in [0.3, 0.4) is 0 Å². The van der Waals surface area contributed by atoms with E-state index in [1.54, 1.807) is 6.08 Å². The van der Waals surface area contributed by atoms with Crippen LogP contribution in [0.25, 0.3) is 0 Å². The molecule has 0 N–H and O–H groups in total. The average Bonchev–Trinajstić information content (AvgIpc) is 2.23. The second-order valence-corrected chi connectivity index (χ2v) is 3.67. The minimum atomic E-state index is -0.0733. The molecule has 0 aliphatic heterocycles. The van der Waals surface area contributed by atoms with Crippen molar-refractivity contribution in [1.29, 1.82) is 0 Å². The van der Waals surface area contributed by atoms with Crippen molar-refractivity contribution in [3.8, 4) is 0 Å². The topological polar surface area (TPSA) is 46.5 Å². The number of Topliss-reactive ketones (excluding diaryl/α,β-unsaturated/α-hetero) is 1. The van der Waals surface area contributed by atoms with Crippen LogP contribution >= 0.6 is 0 Å². The number of carbonyl (C=O) groups is 1. The summed E-state index contributed by atoms with van der Waals surface area (Å²) in [5, 5.41) is 0. The molecule has 3 unspecified atom stereocenters. The lowest BCUT2D eigenvalue weighted by Crippen LogP contribution is -2.36. The van der Waals surface area contributed by atoms with Gasteiger partial charge < -0.3 is 0 Å². The summed E-state index contributed by atoms with van der Waals surface area (Å²) in [6.45, 7) is 0. The van der Waals surface area contributed by atoms with Crippen LogP contribution < -0.4 is 0 Å². The third-order valence-corrected chi connectivity index (χ3v) is 2.90. The first-order valence-corrected chi connectivity index (χ1v) is 4.77. The number of nitrogens with zero attached hydrogens (tertiary/aromatic N) is 1. The highest BCUT2D eigenvalue weighted by Crippen LogP contribution is 2.33. The van der Waals surface area contributed by atoms with E-state index in [9.17, 15) is 9.59 Å². The first kappa shape index (κ1) is 9.10. The predicted octanol–water partition coefficient (Wildman–Crippen LogP) is 1.41. The van der Waals surface area contributed by atoms with Crippen molar-refractivity contribution < 1.29 is 9.59 Å². The molecule has 1 fully saturated rings. The fourth-order valence-electron chi connectivity index (χ4n) is 2.18. The van der Waals surface area contributed by atoms with Gasteiger partial charge in [0.15, 0.2) is 0 Å². The Kier molecular flexibility index (Phi) is 2.42. The number of hydrogen-bond donors (Lipinski definition) is 0. The van der Waals surface area contributed by atoms with Gasteiger partial charge in [-0.3, -0.25) is 4.79 Å². The largest absolute Gasteiger partial charge is 0.299 e. The molecule has 2 aliphatic carbocycles. The molecule has 3 nitrogen and oxygen atoms in total. The van der Waals surface area contributed by atoms with Crippen molar-refractivity contribution in [3.63, 3.8) is 0 Å². The molecule has 3 heteroatoms. The molecule has 0 amide bonds. The monoisotopic (exact) mass is 189 g/mol. The molecule has 0 aromatic carbocycles. The summed E-state index contributed by atoms with van der Waals surface area (Å²) in [5.41, 5.74) is 0. The highest BCUT2D eigenvalue weighted by molar-refractivity contribution is 5.84. The summed E-state index contributed by atoms with van der Waals surface area (Å²) < 4.78 is 0. The Labute approximate surface area is 82.2 Å². The smallest absolute Gasteiger partial charge is 0.235 e. The number of carbonyl (C=O) groups excluding carboxylic acids is 2. The van der Waals surface area contributed by atoms with Crippen LogP contribution in [-0.2, 0) is 9.59 Å². The number of hydrogen-bond acceptors (Lipinski definition) is 3. The van der Waals surface area contributed by atoms with Gasteiger partial charge in [0.2, 0.25) is 6.08 Å². The number of isocyanates is 1. The lowest BCUT2D eigenvalue weighted by molar-refractivity contribution is -0.124. The Morgan fingerprint density at radius 1 is 1.36 bits per heavy atom. The van der Waals surface area contributed by atoms with E-state index < -0.39 is 0 Å². The summed E-state index contributed by atoms with van der Waals surface area (Å²) in [7, 11) is 0. The maximum atomic E-state index is 11.6. The van der Waals surface area contributed by atoms with Gasteiger partial charge >= 0.3 is 0 Å². The number of allylic oxidation sites excluding steroid dienone is 3. The molecular formula is C11H11NO2. The number of ketones is 1. The average molecular weight is 189 g/mol. The molecule has 2 rings (SSSR count). The maximum absolute atomic E-state index is 11.6. The van der Waals surface area contributed by atoms with E-state index >= 15 is 0 Å². The summed E-state index contributed by atoms with van der Waals surface area (Å²) in [6.07, 6.45) is 10.4. The molecule has 14 heavy (non-hydrogen) atoms. The quantitative estimate of drug-likeness (QED) is 0.462. The van der Waals surface area contributed by atoms with Gasteiger partial charge in [-0.2, -0.15) is 0 Å². The van der Waals surface area contributed by atoms with Gasteiger partial charge in [-0.05, 0) is 6.42 Å². The van der Waals surface area contributed by atoms with Crippen molar-refractivity contribution in [2.24, 2.45) is 16.8 Å². The Morgan fingerprint density at radius 2 is 2.14 bits per heavy atom. The van der Waals surface area contributed by atoms with Crippen LogP contribution in [0.4, 0.5) is 0 Å². The molecule has 0 radical (unpaired) electrons. The molecule has 3 atom stereocenters. The third kappa shape index (κ3) is 1.47. The first-order chi connectivity index (χ1) is 6.83. The molecule has 1 saturated carbocycles. The van der Waals surface area contributed by atoms with Crippen LogP contribution in [-0.4, -0.2) is 17.9 Å². The first-order valence-electron chi connectivity index (χ1n) is 4.77. The minimum Gasteiger partial charge on any atom is -0.299 e. The summed E-state index contributed by atoms with van der Waals surface area (Å²) in [5.74, 6) is 0.256. The van der Waals surface area contributed by atoms with E-state index in [0.29, 0.717) is 12.8 Å². The minimum absolute atomic E-state index is 0.0589. The van der Waals surface area contributed by atoms with Gasteiger partial charge in [-0.25, -0.2) is 9.79 Å². The van der Waals surface area contributed by atoms with E-state index in [2.05, 4.69) is 4.99 Å². The molecule has 0 spiro atoms. The zero-order valence-electron chi connectivity index (χ0n) is 7.72. The van der Waals surface area contributed by atoms with Gasteiger partial charge in [0.1, 0.15) is 5.78 Å². The zero-order chi connectivity index (χ0) is 9.97. The Balaban J connectivity index is 2.26. The SMILES string of the molecule is O=C=NC1CCC(=O)C2C=CC=CC12. The Hall–Kier alpha value is -1.47. The van der Waals surface area contributed by atoms with Gasteiger partial charge in [0, 0.05) is 18.3 Å². The molecule has 2 aliphatic rings. The molecule has 0 aromatic heterocycles. The van der Waals surface area contributed by atoms with Crippen molar-refractivity contribution in [2.75, 3.05) is 0 Å². The highest BCUT2D eigenvalue weighted by Gasteiger charge is 2.36. The molecule has 0 saturated heterocycles. The lowest BCUT2D eigenvalue weighted by atomic mass is 9.73. The molecule has 0 aromatic rings. The van der Waals surface area contributed by atoms with E-state index in [-0.39, 0.29) is 23.7 Å². The summed E-state index contributed by atoms with van der Waals surface area (Å²) >= 11 is 0. The number of fused-ring (bicyclic) bond motifs is 1. The third-order valence-electron chi connectivity index (χ3n) is 2.90. The van der Waals surface area contributed by atoms with Crippen molar-refractivity contribution >= 4 is 11.9 Å². The van der Waals surface area contributed by atoms with Gasteiger partial charge in [-0.1, -0.05) is 24.3 Å². The maximum Gasteiger partial charge on any atom is 0.235 e. The highest BCUT2D eigenvalue weighted by atomic mass is 16.1. The zero-order valence-corrected chi connectivity index (χ0v) is 7.72. The van der Waals surface area contributed by atoms with Crippen LogP contribution in [0.1, 0.15) is 12.8 Å². The predicted molar refractivity (Wildman–Crippen MR) is 51.4 cm³/mol. The van der Waals surface area contributed by atoms with Crippen LogP contribution in [0.2, 0.25) is 0 Å². The van der Waals surface area contributed by atoms with E-state index in [4.69, 9.17) is 0 Å². The molecular weight excluding hydrogens is 178 g/mol. The summed E-state index contributed by atoms with van der Waals surface area (Å²) in [6, 6.07) is -0.0589. The van der Waals surface area contributed by atoms with Gasteiger partial charge in [-0.15, -0.1) is 0 Å². The normalized spacial score (nSPS) is 34.9. The van der Waals surface area contributed by atoms with Crippen LogP contribution in [0, 0.1) is 11.8 Å². The van der Waals surface area contributed by atoms with E-state index in [1.165, 1.54) is 0 Å². The number of rotatable bonds is 1. The van der Waals surface area contributed by atoms with Gasteiger partial charge in [0.25, 0.3) is 0 Å². The second kappa shape index (κ2) is 3.72. The molecule has 72 valence electrons. The Morgan fingerprint density at radius 3 is 2.93 bits per heavy atom. The standard InChI is InChI=1S/C11H11NO2/c13-7-12-10-5-6-11(14)9-4-2-1-3-8(9)10/h1-4,8-10H,5-6H2. The van der Waals surface area contributed by atoms with E-state index in [0.717, 1.165) is 0 Å².